The van der Waals surface area contributed by atoms with Crippen molar-refractivity contribution in [2.45, 2.75) is 6.92 Å². The van der Waals surface area contributed by atoms with Crippen LogP contribution in [0.1, 0.15) is 12.5 Å². The highest BCUT2D eigenvalue weighted by Gasteiger charge is 2.24. The van der Waals surface area contributed by atoms with Crippen LogP contribution in [0.15, 0.2) is 52.5 Å². The number of carbonyl (C=O) groups excluding carboxylic acids is 1. The fraction of sp³-hybridized carbons (Fsp3) is 0.292. The fourth-order valence-corrected chi connectivity index (χ4v) is 3.89. The number of amides is 1. The number of hydrogen-bond acceptors (Lipinski definition) is 6. The van der Waals surface area contributed by atoms with Gasteiger partial charge in [-0.15, -0.1) is 0 Å². The first kappa shape index (κ1) is 24.1. The lowest BCUT2D eigenvalue weighted by Gasteiger charge is -2.36. The van der Waals surface area contributed by atoms with Crippen LogP contribution in [0.4, 0.5) is 5.69 Å². The maximum Gasteiger partial charge on any atom is 0.341 e. The van der Waals surface area contributed by atoms with Crippen LogP contribution < -0.4 is 14.4 Å². The molecule has 9 heteroatoms. The van der Waals surface area contributed by atoms with Gasteiger partial charge in [0, 0.05) is 36.3 Å². The van der Waals surface area contributed by atoms with Gasteiger partial charge in [-0.1, -0.05) is 34.1 Å². The van der Waals surface area contributed by atoms with Gasteiger partial charge >= 0.3 is 5.97 Å². The zero-order chi connectivity index (χ0) is 23.8. The minimum Gasteiger partial charge on any atom is -0.490 e. The molecule has 33 heavy (non-hydrogen) atoms. The fourth-order valence-electron chi connectivity index (χ4n) is 3.46. The van der Waals surface area contributed by atoms with Crippen LogP contribution in [0, 0.1) is 11.3 Å². The average molecular weight is 514 g/mol. The van der Waals surface area contributed by atoms with Crippen molar-refractivity contribution < 1.29 is 24.2 Å². The molecule has 1 fully saturated rings. The zero-order valence-corrected chi connectivity index (χ0v) is 19.7. The maximum absolute atomic E-state index is 13.0. The molecule has 1 heterocycles. The molecule has 1 aliphatic heterocycles. The third kappa shape index (κ3) is 6.26. The van der Waals surface area contributed by atoms with Crippen LogP contribution in [0.3, 0.4) is 0 Å². The number of carboxylic acid groups (broad SMARTS) is 1. The standard InChI is InChI=1S/C24H24BrN3O5/c1-2-32-21-13-17(20(25)14-22(21)33-16-23(29)30)12-18(15-26)24(31)28-10-8-27(9-11-28)19-6-4-3-5-7-19/h3-7,12-14H,2,8-11,16H2,1H3,(H,29,30)/b18-12-. The van der Waals surface area contributed by atoms with Gasteiger partial charge in [0.2, 0.25) is 0 Å². The van der Waals surface area contributed by atoms with E-state index in [-0.39, 0.29) is 17.2 Å². The Morgan fingerprint density at radius 1 is 1.12 bits per heavy atom. The van der Waals surface area contributed by atoms with E-state index in [0.29, 0.717) is 48.6 Å². The highest BCUT2D eigenvalue weighted by Crippen LogP contribution is 2.35. The predicted octanol–water partition coefficient (Wildman–Crippen LogP) is 3.57. The highest BCUT2D eigenvalue weighted by molar-refractivity contribution is 9.10. The molecule has 0 aliphatic carbocycles. The molecular formula is C24H24BrN3O5. The van der Waals surface area contributed by atoms with Gasteiger partial charge in [0.05, 0.1) is 6.61 Å². The predicted molar refractivity (Wildman–Crippen MR) is 127 cm³/mol. The summed E-state index contributed by atoms with van der Waals surface area (Å²) >= 11 is 3.41. The quantitative estimate of drug-likeness (QED) is 0.425. The second-order valence-corrected chi connectivity index (χ2v) is 8.07. The molecule has 0 radical (unpaired) electrons. The Kier molecular flexibility index (Phi) is 8.33. The smallest absolute Gasteiger partial charge is 0.341 e. The van der Waals surface area contributed by atoms with E-state index in [2.05, 4.69) is 20.8 Å². The molecule has 0 spiro atoms. The van der Waals surface area contributed by atoms with Gasteiger partial charge in [0.1, 0.15) is 11.6 Å². The summed E-state index contributed by atoms with van der Waals surface area (Å²) in [6.07, 6.45) is 1.50. The Balaban J connectivity index is 1.77. The van der Waals surface area contributed by atoms with Gasteiger partial charge in [-0.3, -0.25) is 4.79 Å². The number of rotatable bonds is 8. The summed E-state index contributed by atoms with van der Waals surface area (Å²) in [5.74, 6) is -0.858. The molecule has 2 aromatic carbocycles. The molecule has 0 saturated carbocycles. The third-order valence-electron chi connectivity index (χ3n) is 5.05. The van der Waals surface area contributed by atoms with Gasteiger partial charge in [0.15, 0.2) is 18.1 Å². The topological polar surface area (TPSA) is 103 Å². The van der Waals surface area contributed by atoms with Crippen LogP contribution in [0.2, 0.25) is 0 Å². The van der Waals surface area contributed by atoms with Crippen LogP contribution in [-0.4, -0.2) is 61.3 Å². The number of nitriles is 1. The summed E-state index contributed by atoms with van der Waals surface area (Å²) in [7, 11) is 0. The highest BCUT2D eigenvalue weighted by atomic mass is 79.9. The maximum atomic E-state index is 13.0. The number of piperazine rings is 1. The van der Waals surface area contributed by atoms with Crippen molar-refractivity contribution in [2.24, 2.45) is 0 Å². The summed E-state index contributed by atoms with van der Waals surface area (Å²) in [6, 6.07) is 15.2. The van der Waals surface area contributed by atoms with Crippen molar-refractivity contribution in [1.82, 2.24) is 4.90 Å². The summed E-state index contributed by atoms with van der Waals surface area (Å²) in [5, 5.41) is 18.5. The monoisotopic (exact) mass is 513 g/mol. The minimum atomic E-state index is -1.11. The molecule has 0 aromatic heterocycles. The van der Waals surface area contributed by atoms with E-state index < -0.39 is 12.6 Å². The Bertz CT molecular complexity index is 1070. The molecule has 1 saturated heterocycles. The lowest BCUT2D eigenvalue weighted by molar-refractivity contribution is -0.139. The van der Waals surface area contributed by atoms with Crippen molar-refractivity contribution in [3.63, 3.8) is 0 Å². The van der Waals surface area contributed by atoms with Crippen molar-refractivity contribution in [3.05, 3.63) is 58.1 Å². The number of carboxylic acids is 1. The Morgan fingerprint density at radius 3 is 2.39 bits per heavy atom. The molecule has 2 aromatic rings. The zero-order valence-electron chi connectivity index (χ0n) is 18.2. The van der Waals surface area contributed by atoms with Gasteiger partial charge in [-0.2, -0.15) is 5.26 Å². The van der Waals surface area contributed by atoms with Crippen LogP contribution >= 0.6 is 15.9 Å². The number of nitrogens with zero attached hydrogens (tertiary/aromatic N) is 3. The van der Waals surface area contributed by atoms with Crippen molar-refractivity contribution >= 4 is 39.6 Å². The summed E-state index contributed by atoms with van der Waals surface area (Å²) in [4.78, 5) is 27.7. The Labute approximate surface area is 200 Å². The summed E-state index contributed by atoms with van der Waals surface area (Å²) < 4.78 is 11.4. The van der Waals surface area contributed by atoms with Gasteiger partial charge in [-0.05, 0) is 42.8 Å². The minimum absolute atomic E-state index is 0.00511. The van der Waals surface area contributed by atoms with Crippen molar-refractivity contribution in [3.8, 4) is 17.6 Å². The molecule has 172 valence electrons. The normalized spacial score (nSPS) is 13.9. The summed E-state index contributed by atoms with van der Waals surface area (Å²) in [6.45, 7) is 4.01. The molecule has 1 N–H and O–H groups in total. The number of anilines is 1. The van der Waals surface area contributed by atoms with E-state index >= 15 is 0 Å². The van der Waals surface area contributed by atoms with Crippen molar-refractivity contribution in [1.29, 1.82) is 5.26 Å². The summed E-state index contributed by atoms with van der Waals surface area (Å²) in [5.41, 5.74) is 1.66. The number of benzene rings is 2. The lowest BCUT2D eigenvalue weighted by Crippen LogP contribution is -2.49. The largest absolute Gasteiger partial charge is 0.490 e. The van der Waals surface area contributed by atoms with E-state index in [1.807, 2.05) is 36.4 Å². The molecule has 0 atom stereocenters. The lowest BCUT2D eigenvalue weighted by atomic mass is 10.1. The number of ether oxygens (including phenoxy) is 2. The van der Waals surface area contributed by atoms with E-state index in [4.69, 9.17) is 14.6 Å². The second-order valence-electron chi connectivity index (χ2n) is 7.22. The van der Waals surface area contributed by atoms with E-state index in [0.717, 1.165) is 5.69 Å². The van der Waals surface area contributed by atoms with Crippen molar-refractivity contribution in [2.75, 3.05) is 44.3 Å². The molecule has 0 bridgehead atoms. The molecule has 8 nitrogen and oxygen atoms in total. The van der Waals surface area contributed by atoms with Crippen LogP contribution in [-0.2, 0) is 9.59 Å². The molecule has 1 amide bonds. The Hall–Kier alpha value is -3.51. The molecular weight excluding hydrogens is 490 g/mol. The van der Waals surface area contributed by atoms with E-state index in [9.17, 15) is 14.9 Å². The van der Waals surface area contributed by atoms with Gasteiger partial charge in [0.25, 0.3) is 5.91 Å². The molecule has 3 rings (SSSR count). The van der Waals surface area contributed by atoms with E-state index in [1.54, 1.807) is 24.0 Å². The first-order chi connectivity index (χ1) is 15.9. The first-order valence-corrected chi connectivity index (χ1v) is 11.2. The second kappa shape index (κ2) is 11.4. The number of aliphatic carboxylic acids is 1. The van der Waals surface area contributed by atoms with Gasteiger partial charge < -0.3 is 24.4 Å². The Morgan fingerprint density at radius 2 is 1.79 bits per heavy atom. The SMILES string of the molecule is CCOc1cc(/C=C(/C#N)C(=O)N2CCN(c3ccccc3)CC2)c(Br)cc1OCC(=O)O. The molecule has 1 aliphatic rings. The third-order valence-corrected chi connectivity index (χ3v) is 5.74. The number of para-hydroxylation sites is 1. The number of carbonyl (C=O) groups is 2. The van der Waals surface area contributed by atoms with Crippen LogP contribution in [0.25, 0.3) is 6.08 Å². The average Bonchev–Trinajstić information content (AvgIpc) is 2.83. The van der Waals surface area contributed by atoms with Gasteiger partial charge in [-0.25, -0.2) is 4.79 Å². The first-order valence-electron chi connectivity index (χ1n) is 10.4. The number of halogens is 1. The van der Waals surface area contributed by atoms with E-state index in [1.165, 1.54) is 6.08 Å². The van der Waals surface area contributed by atoms with Crippen LogP contribution in [0.5, 0.6) is 11.5 Å². The molecule has 0 unspecified atom stereocenters. The number of hydrogen-bond donors (Lipinski definition) is 1.